The number of ether oxygens (including phenoxy) is 1. The fourth-order valence-electron chi connectivity index (χ4n) is 2.35. The zero-order valence-corrected chi connectivity index (χ0v) is 14.1. The molecule has 0 aliphatic heterocycles. The standard InChI is InChI=1S/C18H26N2O3/c1-11(2)8-15(17(19)21)20-18(22)14-7-4-12(3)16(9-14)23-10-13-5-6-13/h4,7,9,11,13,15H,5-6,8,10H2,1-3H3,(H2,19,21)(H,20,22)/t15-/m0/s1. The van der Waals surface area contributed by atoms with Gasteiger partial charge in [0.2, 0.25) is 5.91 Å². The Morgan fingerprint density at radius 3 is 2.61 bits per heavy atom. The first-order valence-electron chi connectivity index (χ1n) is 8.20. The van der Waals surface area contributed by atoms with Gasteiger partial charge in [-0.1, -0.05) is 19.9 Å². The lowest BCUT2D eigenvalue weighted by Crippen LogP contribution is -2.45. The molecule has 0 unspecified atom stereocenters. The molecule has 5 heteroatoms. The van der Waals surface area contributed by atoms with Crippen LogP contribution in [0.3, 0.4) is 0 Å². The van der Waals surface area contributed by atoms with E-state index in [4.69, 9.17) is 10.5 Å². The second-order valence-electron chi connectivity index (χ2n) is 6.79. The lowest BCUT2D eigenvalue weighted by molar-refractivity contribution is -0.120. The molecule has 1 atom stereocenters. The highest BCUT2D eigenvalue weighted by Crippen LogP contribution is 2.30. The summed E-state index contributed by atoms with van der Waals surface area (Å²) in [5, 5.41) is 2.72. The van der Waals surface area contributed by atoms with Gasteiger partial charge in [0.25, 0.3) is 5.91 Å². The monoisotopic (exact) mass is 318 g/mol. The van der Waals surface area contributed by atoms with E-state index < -0.39 is 11.9 Å². The first-order valence-corrected chi connectivity index (χ1v) is 8.20. The molecule has 126 valence electrons. The molecule has 23 heavy (non-hydrogen) atoms. The fraction of sp³-hybridized carbons (Fsp3) is 0.556. The third-order valence-electron chi connectivity index (χ3n) is 3.98. The Morgan fingerprint density at radius 1 is 1.35 bits per heavy atom. The summed E-state index contributed by atoms with van der Waals surface area (Å²) < 4.78 is 5.80. The molecule has 1 aromatic carbocycles. The van der Waals surface area contributed by atoms with Crippen molar-refractivity contribution >= 4 is 11.8 Å². The van der Waals surface area contributed by atoms with E-state index in [1.165, 1.54) is 12.8 Å². The van der Waals surface area contributed by atoms with Crippen molar-refractivity contribution in [1.29, 1.82) is 0 Å². The molecule has 0 bridgehead atoms. The molecular weight excluding hydrogens is 292 g/mol. The number of hydrogen-bond acceptors (Lipinski definition) is 3. The maximum atomic E-state index is 12.4. The zero-order valence-electron chi connectivity index (χ0n) is 14.1. The molecular formula is C18H26N2O3. The van der Waals surface area contributed by atoms with Crippen molar-refractivity contribution in [2.75, 3.05) is 6.61 Å². The Labute approximate surface area is 137 Å². The normalized spacial score (nSPS) is 15.3. The van der Waals surface area contributed by atoms with E-state index in [-0.39, 0.29) is 11.8 Å². The Kier molecular flexibility index (Phi) is 5.64. The maximum Gasteiger partial charge on any atom is 0.252 e. The molecule has 1 aromatic rings. The molecule has 0 spiro atoms. The number of hydrogen-bond donors (Lipinski definition) is 2. The fourth-order valence-corrected chi connectivity index (χ4v) is 2.35. The van der Waals surface area contributed by atoms with Crippen LogP contribution in [0.5, 0.6) is 5.75 Å². The van der Waals surface area contributed by atoms with E-state index in [1.54, 1.807) is 12.1 Å². The van der Waals surface area contributed by atoms with Crippen molar-refractivity contribution in [3.8, 4) is 5.75 Å². The topological polar surface area (TPSA) is 81.4 Å². The smallest absolute Gasteiger partial charge is 0.252 e. The Balaban J connectivity index is 2.04. The highest BCUT2D eigenvalue weighted by molar-refractivity contribution is 5.97. The van der Waals surface area contributed by atoms with Crippen LogP contribution in [0.15, 0.2) is 18.2 Å². The minimum Gasteiger partial charge on any atom is -0.493 e. The van der Waals surface area contributed by atoms with Crippen LogP contribution < -0.4 is 15.8 Å². The Bertz CT molecular complexity index is 580. The molecule has 0 saturated heterocycles. The number of carbonyl (C=O) groups is 2. The predicted molar refractivity (Wildman–Crippen MR) is 89.3 cm³/mol. The summed E-state index contributed by atoms with van der Waals surface area (Å²) in [7, 11) is 0. The number of nitrogens with two attached hydrogens (primary N) is 1. The van der Waals surface area contributed by atoms with Crippen LogP contribution in [0.4, 0.5) is 0 Å². The van der Waals surface area contributed by atoms with Crippen molar-refractivity contribution in [2.45, 2.75) is 46.1 Å². The van der Waals surface area contributed by atoms with E-state index in [2.05, 4.69) is 5.32 Å². The van der Waals surface area contributed by atoms with Crippen LogP contribution in [-0.2, 0) is 4.79 Å². The van der Waals surface area contributed by atoms with Gasteiger partial charge < -0.3 is 15.8 Å². The predicted octanol–water partition coefficient (Wildman–Crippen LogP) is 2.41. The van der Waals surface area contributed by atoms with E-state index in [1.807, 2.05) is 26.8 Å². The van der Waals surface area contributed by atoms with Gasteiger partial charge in [0, 0.05) is 5.56 Å². The molecule has 5 nitrogen and oxygen atoms in total. The van der Waals surface area contributed by atoms with Gasteiger partial charge in [0.05, 0.1) is 6.61 Å². The Hall–Kier alpha value is -2.04. The van der Waals surface area contributed by atoms with Crippen molar-refractivity contribution in [2.24, 2.45) is 17.6 Å². The molecule has 3 N–H and O–H groups in total. The third-order valence-corrected chi connectivity index (χ3v) is 3.98. The quantitative estimate of drug-likeness (QED) is 0.772. The molecule has 1 fully saturated rings. The summed E-state index contributed by atoms with van der Waals surface area (Å²) >= 11 is 0. The van der Waals surface area contributed by atoms with E-state index in [9.17, 15) is 9.59 Å². The molecule has 1 saturated carbocycles. The van der Waals surface area contributed by atoms with Crippen LogP contribution in [0.25, 0.3) is 0 Å². The van der Waals surface area contributed by atoms with Gasteiger partial charge in [0.15, 0.2) is 0 Å². The van der Waals surface area contributed by atoms with Gasteiger partial charge >= 0.3 is 0 Å². The summed E-state index contributed by atoms with van der Waals surface area (Å²) in [5.41, 5.74) is 6.85. The van der Waals surface area contributed by atoms with E-state index in [0.717, 1.165) is 11.3 Å². The van der Waals surface area contributed by atoms with Gasteiger partial charge in [-0.2, -0.15) is 0 Å². The number of nitrogens with one attached hydrogen (secondary N) is 1. The van der Waals surface area contributed by atoms with Gasteiger partial charge in [-0.05, 0) is 55.7 Å². The van der Waals surface area contributed by atoms with E-state index in [0.29, 0.717) is 24.5 Å². The van der Waals surface area contributed by atoms with Crippen molar-refractivity contribution in [3.05, 3.63) is 29.3 Å². The largest absolute Gasteiger partial charge is 0.493 e. The lowest BCUT2D eigenvalue weighted by atomic mass is 10.0. The summed E-state index contributed by atoms with van der Waals surface area (Å²) in [6, 6.07) is 4.68. The first-order chi connectivity index (χ1) is 10.9. The number of amides is 2. The van der Waals surface area contributed by atoms with Crippen LogP contribution in [-0.4, -0.2) is 24.5 Å². The van der Waals surface area contributed by atoms with Crippen LogP contribution in [0.2, 0.25) is 0 Å². The van der Waals surface area contributed by atoms with Gasteiger partial charge in [-0.25, -0.2) is 0 Å². The minimum absolute atomic E-state index is 0.267. The van der Waals surface area contributed by atoms with Gasteiger partial charge in [0.1, 0.15) is 11.8 Å². The van der Waals surface area contributed by atoms with E-state index >= 15 is 0 Å². The molecule has 0 aromatic heterocycles. The average Bonchev–Trinajstić information content (AvgIpc) is 3.29. The molecule has 0 heterocycles. The maximum absolute atomic E-state index is 12.4. The second-order valence-corrected chi connectivity index (χ2v) is 6.79. The minimum atomic E-state index is -0.653. The summed E-state index contributed by atoms with van der Waals surface area (Å²) in [4.78, 5) is 23.9. The highest BCUT2D eigenvalue weighted by Gasteiger charge is 2.23. The van der Waals surface area contributed by atoms with Gasteiger partial charge in [-0.15, -0.1) is 0 Å². The molecule has 0 radical (unpaired) electrons. The second kappa shape index (κ2) is 7.49. The van der Waals surface area contributed by atoms with Crippen molar-refractivity contribution in [3.63, 3.8) is 0 Å². The Morgan fingerprint density at radius 2 is 2.04 bits per heavy atom. The van der Waals surface area contributed by atoms with Crippen LogP contribution in [0, 0.1) is 18.8 Å². The molecule has 1 aliphatic carbocycles. The molecule has 2 amide bonds. The number of carbonyl (C=O) groups excluding carboxylic acids is 2. The average molecular weight is 318 g/mol. The first kappa shape index (κ1) is 17.3. The lowest BCUT2D eigenvalue weighted by Gasteiger charge is -2.18. The van der Waals surface area contributed by atoms with Crippen LogP contribution in [0.1, 0.15) is 49.0 Å². The SMILES string of the molecule is Cc1ccc(C(=O)N[C@@H](CC(C)C)C(N)=O)cc1OCC1CC1. The van der Waals surface area contributed by atoms with Crippen molar-refractivity contribution < 1.29 is 14.3 Å². The number of benzene rings is 1. The summed E-state index contributed by atoms with van der Waals surface area (Å²) in [6.45, 7) is 6.62. The third kappa shape index (κ3) is 5.27. The number of rotatable bonds is 8. The number of primary amides is 1. The number of aryl methyl sites for hydroxylation is 1. The molecule has 2 rings (SSSR count). The summed E-state index contributed by atoms with van der Waals surface area (Å²) in [5.74, 6) is 0.833. The van der Waals surface area contributed by atoms with Gasteiger partial charge in [-0.3, -0.25) is 9.59 Å². The van der Waals surface area contributed by atoms with Crippen LogP contribution >= 0.6 is 0 Å². The highest BCUT2D eigenvalue weighted by atomic mass is 16.5. The molecule has 1 aliphatic rings. The van der Waals surface area contributed by atoms with Crippen molar-refractivity contribution in [1.82, 2.24) is 5.32 Å². The summed E-state index contributed by atoms with van der Waals surface area (Å²) in [6.07, 6.45) is 2.96. The zero-order chi connectivity index (χ0) is 17.0.